The second kappa shape index (κ2) is 7.02. The molecule has 0 fully saturated rings. The van der Waals surface area contributed by atoms with Crippen molar-refractivity contribution in [3.8, 4) is 0 Å². The first-order valence-corrected chi connectivity index (χ1v) is 8.27. The van der Waals surface area contributed by atoms with Gasteiger partial charge in [0.1, 0.15) is 6.54 Å². The lowest BCUT2D eigenvalue weighted by atomic mass is 10.00. The van der Waals surface area contributed by atoms with Gasteiger partial charge in [0.2, 0.25) is 5.91 Å². The zero-order valence-electron chi connectivity index (χ0n) is 14.2. The predicted octanol–water partition coefficient (Wildman–Crippen LogP) is 0.567. The van der Waals surface area contributed by atoms with Crippen LogP contribution in [0.5, 0.6) is 0 Å². The van der Waals surface area contributed by atoms with Gasteiger partial charge in [0.05, 0.1) is 29.7 Å². The molecular formula is C17H21N5O3. The summed E-state index contributed by atoms with van der Waals surface area (Å²) in [7, 11) is 0. The van der Waals surface area contributed by atoms with Gasteiger partial charge in [-0.3, -0.25) is 9.59 Å². The Labute approximate surface area is 144 Å². The molecule has 0 saturated carbocycles. The molecule has 3 heterocycles. The van der Waals surface area contributed by atoms with Crippen molar-refractivity contribution in [1.29, 1.82) is 0 Å². The second-order valence-electron chi connectivity index (χ2n) is 6.15. The van der Waals surface area contributed by atoms with E-state index in [1.54, 1.807) is 29.0 Å². The molecule has 25 heavy (non-hydrogen) atoms. The fourth-order valence-electron chi connectivity index (χ4n) is 2.78. The Bertz CT molecular complexity index is 962. The van der Waals surface area contributed by atoms with Gasteiger partial charge in [0.25, 0.3) is 5.56 Å². The minimum absolute atomic E-state index is 0.112. The van der Waals surface area contributed by atoms with E-state index in [4.69, 9.17) is 0 Å². The minimum atomic E-state index is -0.320. The van der Waals surface area contributed by atoms with E-state index in [0.717, 1.165) is 6.42 Å². The molecule has 2 N–H and O–H groups in total. The zero-order valence-corrected chi connectivity index (χ0v) is 14.2. The molecule has 2 atom stereocenters. The van der Waals surface area contributed by atoms with Crippen LogP contribution in [0.25, 0.3) is 16.6 Å². The maximum atomic E-state index is 12.6. The van der Waals surface area contributed by atoms with Gasteiger partial charge in [-0.1, -0.05) is 20.3 Å². The summed E-state index contributed by atoms with van der Waals surface area (Å²) < 4.78 is 2.92. The number of hydrogen-bond acceptors (Lipinski definition) is 5. The van der Waals surface area contributed by atoms with Crippen molar-refractivity contribution in [2.75, 3.05) is 6.61 Å². The van der Waals surface area contributed by atoms with Gasteiger partial charge in [-0.05, 0) is 12.0 Å². The summed E-state index contributed by atoms with van der Waals surface area (Å²) in [6.45, 7) is 3.72. The number of carbonyl (C=O) groups is 1. The van der Waals surface area contributed by atoms with Crippen LogP contribution in [0.3, 0.4) is 0 Å². The Balaban J connectivity index is 1.86. The van der Waals surface area contributed by atoms with Crippen LogP contribution in [0.2, 0.25) is 0 Å². The van der Waals surface area contributed by atoms with Crippen molar-refractivity contribution in [2.24, 2.45) is 5.92 Å². The van der Waals surface area contributed by atoms with Crippen LogP contribution in [-0.4, -0.2) is 42.8 Å². The second-order valence-corrected chi connectivity index (χ2v) is 6.15. The van der Waals surface area contributed by atoms with E-state index in [0.29, 0.717) is 16.6 Å². The third-order valence-corrected chi connectivity index (χ3v) is 4.54. The molecule has 0 bridgehead atoms. The molecule has 8 nitrogen and oxygen atoms in total. The Morgan fingerprint density at radius 2 is 2.20 bits per heavy atom. The molecule has 0 saturated heterocycles. The number of nitrogens with one attached hydrogen (secondary N) is 1. The van der Waals surface area contributed by atoms with Crippen molar-refractivity contribution in [3.05, 3.63) is 41.1 Å². The van der Waals surface area contributed by atoms with Gasteiger partial charge in [0.15, 0.2) is 5.65 Å². The predicted molar refractivity (Wildman–Crippen MR) is 93.2 cm³/mol. The topological polar surface area (TPSA) is 102 Å². The lowest BCUT2D eigenvalue weighted by Gasteiger charge is -2.22. The smallest absolute Gasteiger partial charge is 0.262 e. The Kier molecular flexibility index (Phi) is 4.80. The number of amides is 1. The molecular weight excluding hydrogens is 322 g/mol. The summed E-state index contributed by atoms with van der Waals surface area (Å²) >= 11 is 0. The fourth-order valence-corrected chi connectivity index (χ4v) is 2.78. The molecule has 8 heteroatoms. The summed E-state index contributed by atoms with van der Waals surface area (Å²) in [6.07, 6.45) is 5.53. The number of pyridine rings is 1. The van der Waals surface area contributed by atoms with Gasteiger partial charge in [-0.25, -0.2) is 9.50 Å². The van der Waals surface area contributed by atoms with Crippen LogP contribution in [0.4, 0.5) is 0 Å². The summed E-state index contributed by atoms with van der Waals surface area (Å²) in [5.41, 5.74) is 0.993. The highest BCUT2D eigenvalue weighted by molar-refractivity contribution is 5.80. The first-order chi connectivity index (χ1) is 12.0. The number of hydrogen-bond donors (Lipinski definition) is 2. The number of fused-ring (bicyclic) bond motifs is 3. The molecule has 0 aliphatic rings. The van der Waals surface area contributed by atoms with Crippen LogP contribution in [-0.2, 0) is 11.3 Å². The van der Waals surface area contributed by atoms with Crippen molar-refractivity contribution >= 4 is 22.5 Å². The van der Waals surface area contributed by atoms with Crippen molar-refractivity contribution in [3.63, 3.8) is 0 Å². The summed E-state index contributed by atoms with van der Waals surface area (Å²) in [4.78, 5) is 29.1. The standard InChI is InChI=1S/C17H21N5O3/c1-3-11(2)13(10-23)20-16(24)9-21-7-5-14-12(17(21)25)8-18-15-4-6-19-22(14)15/h4-8,11,13,23H,3,9-10H2,1-2H3,(H,20,24)/t11-,13-/m0/s1. The number of aliphatic hydroxyl groups excluding tert-OH is 1. The van der Waals surface area contributed by atoms with Crippen LogP contribution in [0, 0.1) is 5.92 Å². The fraction of sp³-hybridized carbons (Fsp3) is 0.412. The van der Waals surface area contributed by atoms with E-state index in [2.05, 4.69) is 15.4 Å². The molecule has 3 aromatic rings. The number of nitrogens with zero attached hydrogens (tertiary/aromatic N) is 4. The van der Waals surface area contributed by atoms with E-state index < -0.39 is 0 Å². The molecule has 3 aromatic heterocycles. The van der Waals surface area contributed by atoms with Crippen LogP contribution < -0.4 is 10.9 Å². The Morgan fingerprint density at radius 1 is 1.40 bits per heavy atom. The SMILES string of the molecule is CC[C@H](C)[C@H](CO)NC(=O)Cn1ccc2c(cnc3ccnn32)c1=O. The van der Waals surface area contributed by atoms with Gasteiger partial charge in [-0.2, -0.15) is 5.10 Å². The van der Waals surface area contributed by atoms with Crippen molar-refractivity contribution in [1.82, 2.24) is 24.5 Å². The minimum Gasteiger partial charge on any atom is -0.394 e. The molecule has 132 valence electrons. The van der Waals surface area contributed by atoms with Gasteiger partial charge < -0.3 is 15.0 Å². The van der Waals surface area contributed by atoms with E-state index in [9.17, 15) is 14.7 Å². The molecule has 0 radical (unpaired) electrons. The highest BCUT2D eigenvalue weighted by atomic mass is 16.3. The molecule has 0 unspecified atom stereocenters. The van der Waals surface area contributed by atoms with Gasteiger partial charge in [-0.15, -0.1) is 0 Å². The van der Waals surface area contributed by atoms with Crippen molar-refractivity contribution < 1.29 is 9.90 Å². The summed E-state index contributed by atoms with van der Waals surface area (Å²) in [5, 5.41) is 16.8. The Morgan fingerprint density at radius 3 is 2.92 bits per heavy atom. The largest absolute Gasteiger partial charge is 0.394 e. The molecule has 1 amide bonds. The first-order valence-electron chi connectivity index (χ1n) is 8.27. The van der Waals surface area contributed by atoms with E-state index in [1.807, 2.05) is 13.8 Å². The Hall–Kier alpha value is -2.74. The third kappa shape index (κ3) is 3.25. The highest BCUT2D eigenvalue weighted by Crippen LogP contribution is 2.10. The normalized spacial score (nSPS) is 13.9. The lowest BCUT2D eigenvalue weighted by molar-refractivity contribution is -0.123. The first kappa shape index (κ1) is 17.1. The maximum absolute atomic E-state index is 12.6. The van der Waals surface area contributed by atoms with E-state index >= 15 is 0 Å². The molecule has 0 aliphatic carbocycles. The summed E-state index contributed by atoms with van der Waals surface area (Å²) in [5.74, 6) is -0.159. The van der Waals surface area contributed by atoms with Gasteiger partial charge in [0, 0.05) is 18.5 Å². The highest BCUT2D eigenvalue weighted by Gasteiger charge is 2.18. The van der Waals surface area contributed by atoms with E-state index in [-0.39, 0.29) is 36.6 Å². The summed E-state index contributed by atoms with van der Waals surface area (Å²) in [6, 6.07) is 3.17. The van der Waals surface area contributed by atoms with Crippen LogP contribution in [0.1, 0.15) is 20.3 Å². The third-order valence-electron chi connectivity index (χ3n) is 4.54. The number of aliphatic hydroxyl groups is 1. The van der Waals surface area contributed by atoms with Crippen molar-refractivity contribution in [2.45, 2.75) is 32.9 Å². The quantitative estimate of drug-likeness (QED) is 0.681. The molecule has 0 aromatic carbocycles. The zero-order chi connectivity index (χ0) is 18.0. The van der Waals surface area contributed by atoms with Crippen LogP contribution >= 0.6 is 0 Å². The maximum Gasteiger partial charge on any atom is 0.262 e. The van der Waals surface area contributed by atoms with Crippen LogP contribution in [0.15, 0.2) is 35.5 Å². The molecule has 0 aliphatic heterocycles. The molecule has 3 rings (SSSR count). The average molecular weight is 343 g/mol. The average Bonchev–Trinajstić information content (AvgIpc) is 3.10. The number of aromatic nitrogens is 4. The van der Waals surface area contributed by atoms with Gasteiger partial charge >= 0.3 is 0 Å². The number of carbonyl (C=O) groups excluding carboxylic acids is 1. The monoisotopic (exact) mass is 343 g/mol. The number of rotatable bonds is 6. The lowest BCUT2D eigenvalue weighted by Crippen LogP contribution is -2.44. The van der Waals surface area contributed by atoms with E-state index in [1.165, 1.54) is 10.8 Å². The molecule has 0 spiro atoms.